The molecule has 0 aromatic heterocycles. The van der Waals surface area contributed by atoms with Crippen LogP contribution in [0.3, 0.4) is 0 Å². The summed E-state index contributed by atoms with van der Waals surface area (Å²) in [5.41, 5.74) is -0.802. The lowest BCUT2D eigenvalue weighted by Gasteiger charge is -2.15. The third kappa shape index (κ3) is 4.15. The highest BCUT2D eigenvalue weighted by molar-refractivity contribution is 5.94. The molecule has 0 aliphatic heterocycles. The highest BCUT2D eigenvalue weighted by atomic mass is 19.4. The number of anilines is 1. The maximum Gasteiger partial charge on any atom is 0.418 e. The van der Waals surface area contributed by atoms with E-state index in [0.29, 0.717) is 13.1 Å². The van der Waals surface area contributed by atoms with Crippen LogP contribution in [-0.2, 0) is 6.18 Å². The zero-order chi connectivity index (χ0) is 14.5. The number of alkyl halides is 3. The summed E-state index contributed by atoms with van der Waals surface area (Å²) in [6, 6.07) is 3.56. The van der Waals surface area contributed by atoms with Gasteiger partial charge in [-0.15, -0.1) is 0 Å². The van der Waals surface area contributed by atoms with Gasteiger partial charge in [0.2, 0.25) is 0 Å². The summed E-state index contributed by atoms with van der Waals surface area (Å²) in [4.78, 5) is 11.6. The number of hydrogen-bond acceptors (Lipinski definition) is 2. The minimum atomic E-state index is -4.49. The monoisotopic (exact) mass is 274 g/mol. The van der Waals surface area contributed by atoms with Crippen molar-refractivity contribution in [2.75, 3.05) is 18.4 Å². The Hall–Kier alpha value is -1.72. The SMILES string of the molecule is CCCNc1ccc(C(=O)NCC)cc1C(F)(F)F. The first-order valence-corrected chi connectivity index (χ1v) is 6.13. The van der Waals surface area contributed by atoms with E-state index in [1.54, 1.807) is 6.92 Å². The van der Waals surface area contributed by atoms with Gasteiger partial charge in [0, 0.05) is 24.3 Å². The van der Waals surface area contributed by atoms with Crippen LogP contribution < -0.4 is 10.6 Å². The van der Waals surface area contributed by atoms with Gasteiger partial charge < -0.3 is 10.6 Å². The molecule has 0 aliphatic rings. The molecule has 1 rings (SSSR count). The zero-order valence-corrected chi connectivity index (χ0v) is 10.9. The van der Waals surface area contributed by atoms with Gasteiger partial charge in [-0.3, -0.25) is 4.79 Å². The predicted octanol–water partition coefficient (Wildman–Crippen LogP) is 3.28. The number of carbonyl (C=O) groups excluding carboxylic acids is 1. The molecule has 0 aliphatic carbocycles. The molecule has 6 heteroatoms. The quantitative estimate of drug-likeness (QED) is 0.865. The van der Waals surface area contributed by atoms with Gasteiger partial charge >= 0.3 is 6.18 Å². The highest BCUT2D eigenvalue weighted by Crippen LogP contribution is 2.35. The Kier molecular flexibility index (Phi) is 5.20. The van der Waals surface area contributed by atoms with E-state index in [9.17, 15) is 18.0 Å². The van der Waals surface area contributed by atoms with Crippen LogP contribution in [0.1, 0.15) is 36.2 Å². The van der Waals surface area contributed by atoms with Crippen molar-refractivity contribution < 1.29 is 18.0 Å². The van der Waals surface area contributed by atoms with Crippen molar-refractivity contribution in [3.8, 4) is 0 Å². The fourth-order valence-corrected chi connectivity index (χ4v) is 1.60. The predicted molar refractivity (Wildman–Crippen MR) is 68.2 cm³/mol. The number of hydrogen-bond donors (Lipinski definition) is 2. The lowest BCUT2D eigenvalue weighted by molar-refractivity contribution is -0.137. The maximum absolute atomic E-state index is 12.9. The zero-order valence-electron chi connectivity index (χ0n) is 10.9. The Labute approximate surface area is 110 Å². The minimum Gasteiger partial charge on any atom is -0.385 e. The molecule has 0 heterocycles. The second-order valence-electron chi connectivity index (χ2n) is 4.04. The number of nitrogens with one attached hydrogen (secondary N) is 2. The average molecular weight is 274 g/mol. The van der Waals surface area contributed by atoms with E-state index in [4.69, 9.17) is 0 Å². The first-order chi connectivity index (χ1) is 8.90. The Bertz CT molecular complexity index is 444. The van der Waals surface area contributed by atoms with Crippen molar-refractivity contribution in [2.45, 2.75) is 26.4 Å². The molecule has 19 heavy (non-hydrogen) atoms. The van der Waals surface area contributed by atoms with E-state index in [1.165, 1.54) is 12.1 Å². The van der Waals surface area contributed by atoms with Crippen LogP contribution in [0.4, 0.5) is 18.9 Å². The number of amides is 1. The lowest BCUT2D eigenvalue weighted by Crippen LogP contribution is -2.23. The average Bonchev–Trinajstić information content (AvgIpc) is 2.35. The van der Waals surface area contributed by atoms with Crippen LogP contribution in [0.15, 0.2) is 18.2 Å². The van der Waals surface area contributed by atoms with Gasteiger partial charge in [0.05, 0.1) is 5.56 Å². The molecule has 0 bridgehead atoms. The number of carbonyl (C=O) groups is 1. The molecule has 0 radical (unpaired) electrons. The molecule has 2 N–H and O–H groups in total. The summed E-state index contributed by atoms with van der Waals surface area (Å²) in [5.74, 6) is -0.505. The standard InChI is InChI=1S/C13H17F3N2O/c1-3-7-18-11-6-5-9(12(19)17-4-2)8-10(11)13(14,15)16/h5-6,8,18H,3-4,7H2,1-2H3,(H,17,19). The van der Waals surface area contributed by atoms with Crippen LogP contribution in [0.25, 0.3) is 0 Å². The minimum absolute atomic E-state index is 0.00222. The van der Waals surface area contributed by atoms with Crippen molar-refractivity contribution in [2.24, 2.45) is 0 Å². The molecule has 0 fully saturated rings. The van der Waals surface area contributed by atoms with E-state index in [1.807, 2.05) is 6.92 Å². The van der Waals surface area contributed by atoms with Gasteiger partial charge in [0.15, 0.2) is 0 Å². The summed E-state index contributed by atoms with van der Waals surface area (Å²) in [5, 5.41) is 5.19. The molecule has 106 valence electrons. The fourth-order valence-electron chi connectivity index (χ4n) is 1.60. The van der Waals surface area contributed by atoms with E-state index >= 15 is 0 Å². The molecule has 0 atom stereocenters. The van der Waals surface area contributed by atoms with Crippen LogP contribution in [0, 0.1) is 0 Å². The second kappa shape index (κ2) is 6.45. The number of benzene rings is 1. The van der Waals surface area contributed by atoms with Crippen molar-refractivity contribution in [3.05, 3.63) is 29.3 Å². The Balaban J connectivity index is 3.12. The molecule has 0 saturated carbocycles. The van der Waals surface area contributed by atoms with Crippen molar-refractivity contribution in [3.63, 3.8) is 0 Å². The Morgan fingerprint density at radius 2 is 1.95 bits per heavy atom. The van der Waals surface area contributed by atoms with E-state index < -0.39 is 17.6 Å². The molecule has 0 saturated heterocycles. The van der Waals surface area contributed by atoms with Crippen molar-refractivity contribution in [1.29, 1.82) is 0 Å². The molecule has 1 aromatic carbocycles. The second-order valence-corrected chi connectivity index (χ2v) is 4.04. The van der Waals surface area contributed by atoms with Gasteiger partial charge in [-0.05, 0) is 31.5 Å². The topological polar surface area (TPSA) is 41.1 Å². The third-order valence-corrected chi connectivity index (χ3v) is 2.49. The van der Waals surface area contributed by atoms with Crippen LogP contribution in [0.2, 0.25) is 0 Å². The summed E-state index contributed by atoms with van der Waals surface area (Å²) in [7, 11) is 0. The highest BCUT2D eigenvalue weighted by Gasteiger charge is 2.34. The van der Waals surface area contributed by atoms with Gasteiger partial charge in [-0.25, -0.2) is 0 Å². The van der Waals surface area contributed by atoms with Crippen LogP contribution in [-0.4, -0.2) is 19.0 Å². The van der Waals surface area contributed by atoms with Crippen molar-refractivity contribution >= 4 is 11.6 Å². The van der Waals surface area contributed by atoms with E-state index in [2.05, 4.69) is 10.6 Å². The first-order valence-electron chi connectivity index (χ1n) is 6.13. The van der Waals surface area contributed by atoms with Gasteiger partial charge in [0.1, 0.15) is 0 Å². The summed E-state index contributed by atoms with van der Waals surface area (Å²) in [6.45, 7) is 4.39. The van der Waals surface area contributed by atoms with Crippen LogP contribution >= 0.6 is 0 Å². The molecule has 1 amide bonds. The maximum atomic E-state index is 12.9. The van der Waals surface area contributed by atoms with Crippen molar-refractivity contribution in [1.82, 2.24) is 5.32 Å². The summed E-state index contributed by atoms with van der Waals surface area (Å²) in [6.07, 6.45) is -3.77. The van der Waals surface area contributed by atoms with Gasteiger partial charge in [-0.1, -0.05) is 6.92 Å². The van der Waals surface area contributed by atoms with E-state index in [0.717, 1.165) is 12.5 Å². The fraction of sp³-hybridized carbons (Fsp3) is 0.462. The van der Waals surface area contributed by atoms with Crippen LogP contribution in [0.5, 0.6) is 0 Å². The number of rotatable bonds is 5. The first kappa shape index (κ1) is 15.3. The smallest absolute Gasteiger partial charge is 0.385 e. The number of halogens is 3. The largest absolute Gasteiger partial charge is 0.418 e. The lowest BCUT2D eigenvalue weighted by atomic mass is 10.1. The molecule has 0 unspecified atom stereocenters. The summed E-state index contributed by atoms with van der Waals surface area (Å²) < 4.78 is 38.8. The molecule has 0 spiro atoms. The summed E-state index contributed by atoms with van der Waals surface area (Å²) >= 11 is 0. The van der Waals surface area contributed by atoms with Gasteiger partial charge in [-0.2, -0.15) is 13.2 Å². The molecular weight excluding hydrogens is 257 g/mol. The molecule has 1 aromatic rings. The molecular formula is C13H17F3N2O. The Morgan fingerprint density at radius 1 is 1.26 bits per heavy atom. The molecule has 3 nitrogen and oxygen atoms in total. The third-order valence-electron chi connectivity index (χ3n) is 2.49. The Morgan fingerprint density at radius 3 is 2.47 bits per heavy atom. The van der Waals surface area contributed by atoms with E-state index in [-0.39, 0.29) is 11.3 Å². The normalized spacial score (nSPS) is 11.2. The van der Waals surface area contributed by atoms with Gasteiger partial charge in [0.25, 0.3) is 5.91 Å².